The number of fused-ring (bicyclic) bond motifs is 3. The lowest BCUT2D eigenvalue weighted by Crippen LogP contribution is -2.44. The first-order valence-corrected chi connectivity index (χ1v) is 10.4. The molecule has 0 aliphatic carbocycles. The van der Waals surface area contributed by atoms with Crippen molar-refractivity contribution in [1.82, 2.24) is 0 Å². The van der Waals surface area contributed by atoms with E-state index in [1.165, 1.54) is 42.5 Å². The number of nitrogens with zero attached hydrogens (tertiary/aromatic N) is 3. The van der Waals surface area contributed by atoms with Crippen LogP contribution < -0.4 is 4.90 Å². The predicted molar refractivity (Wildman–Crippen MR) is 119 cm³/mol. The minimum Gasteiger partial charge on any atom is -0.351 e. The zero-order valence-corrected chi connectivity index (χ0v) is 17.3. The molecular weight excluding hydrogens is 420 g/mol. The topological polar surface area (TPSA) is 67.9 Å². The van der Waals surface area contributed by atoms with Crippen molar-refractivity contribution in [3.63, 3.8) is 0 Å². The summed E-state index contributed by atoms with van der Waals surface area (Å²) in [6, 6.07) is 20.8. The Balaban J connectivity index is 1.80. The van der Waals surface area contributed by atoms with Gasteiger partial charge in [0, 0.05) is 17.2 Å². The Morgan fingerprint density at radius 2 is 1.58 bits per heavy atom. The minimum atomic E-state index is -1.73. The molecule has 1 saturated heterocycles. The second-order valence-corrected chi connectivity index (χ2v) is 8.18. The number of rotatable bonds is 3. The smallest absolute Gasteiger partial charge is 0.185 e. The maximum atomic E-state index is 15.1. The van der Waals surface area contributed by atoms with Crippen LogP contribution in [-0.4, -0.2) is 17.9 Å². The van der Waals surface area contributed by atoms with E-state index >= 15 is 4.39 Å². The van der Waals surface area contributed by atoms with Gasteiger partial charge in [0.15, 0.2) is 11.2 Å². The van der Waals surface area contributed by atoms with E-state index in [4.69, 9.17) is 0 Å². The fourth-order valence-electron chi connectivity index (χ4n) is 5.09. The number of hydrogen-bond donors (Lipinski definition) is 0. The molecule has 1 fully saturated rings. The number of ketones is 1. The molecule has 0 amide bonds. The van der Waals surface area contributed by atoms with Gasteiger partial charge in [-0.25, -0.2) is 8.78 Å². The van der Waals surface area contributed by atoms with Gasteiger partial charge in [-0.05, 0) is 47.5 Å². The molecule has 3 aromatic carbocycles. The van der Waals surface area contributed by atoms with Crippen molar-refractivity contribution in [2.45, 2.75) is 18.0 Å². The molecule has 2 aliphatic heterocycles. The van der Waals surface area contributed by atoms with Crippen molar-refractivity contribution in [3.8, 4) is 12.1 Å². The van der Waals surface area contributed by atoms with Crippen LogP contribution in [-0.2, 0) is 0 Å². The quantitative estimate of drug-likeness (QED) is 0.525. The lowest BCUT2D eigenvalue weighted by Gasteiger charge is -2.35. The number of Topliss-reactive ketones (excluding diaryl/α,β-unsaturated/α-hetero) is 1. The molecule has 3 atom stereocenters. The van der Waals surface area contributed by atoms with Gasteiger partial charge in [0.1, 0.15) is 17.7 Å². The number of benzene rings is 3. The highest BCUT2D eigenvalue weighted by atomic mass is 19.1. The van der Waals surface area contributed by atoms with Gasteiger partial charge in [0.05, 0.1) is 18.2 Å². The normalized spacial score (nSPS) is 22.1. The fourth-order valence-corrected chi connectivity index (χ4v) is 5.09. The predicted octanol–water partition coefficient (Wildman–Crippen LogP) is 5.25. The molecule has 6 heteroatoms. The molecule has 4 nitrogen and oxygen atoms in total. The van der Waals surface area contributed by atoms with Gasteiger partial charge in [-0.3, -0.25) is 4.79 Å². The Kier molecular flexibility index (Phi) is 4.80. The standard InChI is InChI=1S/C27H17F2N3O/c28-19-12-9-18(10-13-19)26(33)25-24(20-6-2-3-7-21(20)29)27(15-30,16-31)23-14-11-17-5-1-4-8-22(17)32(23)25/h1-14,23-25H/t23-,24-,25+/m1/s1. The summed E-state index contributed by atoms with van der Waals surface area (Å²) in [6.45, 7) is 0. The van der Waals surface area contributed by atoms with Crippen molar-refractivity contribution in [2.75, 3.05) is 4.90 Å². The van der Waals surface area contributed by atoms with E-state index in [2.05, 4.69) is 12.1 Å². The van der Waals surface area contributed by atoms with Gasteiger partial charge in [0.25, 0.3) is 0 Å². The summed E-state index contributed by atoms with van der Waals surface area (Å²) in [4.78, 5) is 15.7. The lowest BCUT2D eigenvalue weighted by molar-refractivity contribution is 0.0950. The van der Waals surface area contributed by atoms with Gasteiger partial charge in [0.2, 0.25) is 0 Å². The Bertz CT molecular complexity index is 1350. The highest BCUT2D eigenvalue weighted by molar-refractivity contribution is 6.04. The fraction of sp³-hybridized carbons (Fsp3) is 0.148. The maximum absolute atomic E-state index is 15.1. The van der Waals surface area contributed by atoms with Crippen LogP contribution in [0.25, 0.3) is 6.08 Å². The second kappa shape index (κ2) is 7.69. The van der Waals surface area contributed by atoms with E-state index in [1.54, 1.807) is 17.0 Å². The lowest BCUT2D eigenvalue weighted by atomic mass is 9.69. The van der Waals surface area contributed by atoms with Crippen LogP contribution in [0, 0.1) is 39.7 Å². The summed E-state index contributed by atoms with van der Waals surface area (Å²) in [5, 5.41) is 20.6. The molecule has 0 aromatic heterocycles. The molecule has 0 N–H and O–H groups in total. The van der Waals surface area contributed by atoms with Crippen LogP contribution in [0.4, 0.5) is 14.5 Å². The van der Waals surface area contributed by atoms with Gasteiger partial charge in [-0.15, -0.1) is 0 Å². The second-order valence-electron chi connectivity index (χ2n) is 8.18. The van der Waals surface area contributed by atoms with E-state index in [0.717, 1.165) is 5.56 Å². The first-order chi connectivity index (χ1) is 16.0. The van der Waals surface area contributed by atoms with Crippen molar-refractivity contribution in [3.05, 3.63) is 107 Å². The molecule has 0 bridgehead atoms. The number of para-hydroxylation sites is 1. The molecule has 2 heterocycles. The number of carbonyl (C=O) groups excluding carboxylic acids is 1. The van der Waals surface area contributed by atoms with E-state index in [-0.39, 0.29) is 11.1 Å². The third-order valence-corrected chi connectivity index (χ3v) is 6.55. The monoisotopic (exact) mass is 437 g/mol. The summed E-state index contributed by atoms with van der Waals surface area (Å²) in [5.74, 6) is -2.57. The molecule has 33 heavy (non-hydrogen) atoms. The summed E-state index contributed by atoms with van der Waals surface area (Å²) in [5.41, 5.74) is 0.123. The molecule has 5 rings (SSSR count). The summed E-state index contributed by atoms with van der Waals surface area (Å²) in [7, 11) is 0. The van der Waals surface area contributed by atoms with Gasteiger partial charge >= 0.3 is 0 Å². The van der Waals surface area contributed by atoms with E-state index < -0.39 is 40.8 Å². The Labute approximate surface area is 189 Å². The largest absolute Gasteiger partial charge is 0.351 e. The molecule has 0 radical (unpaired) electrons. The molecule has 0 spiro atoms. The molecule has 160 valence electrons. The molecular formula is C27H17F2N3O. The first kappa shape index (κ1) is 20.6. The summed E-state index contributed by atoms with van der Waals surface area (Å²) >= 11 is 0. The van der Waals surface area contributed by atoms with Crippen LogP contribution in [0.2, 0.25) is 0 Å². The number of hydrogen-bond acceptors (Lipinski definition) is 4. The van der Waals surface area contributed by atoms with Gasteiger partial charge < -0.3 is 4.90 Å². The molecule has 2 aliphatic rings. The van der Waals surface area contributed by atoms with Crippen LogP contribution in [0.1, 0.15) is 27.4 Å². The molecule has 0 saturated carbocycles. The van der Waals surface area contributed by atoms with Crippen molar-refractivity contribution >= 4 is 17.5 Å². The number of nitriles is 2. The SMILES string of the molecule is N#CC1(C#N)[C@H](c2ccccc2F)[C@@H](C(=O)c2ccc(F)cc2)N2c3ccccc3C=C[C@@H]21. The Morgan fingerprint density at radius 3 is 2.27 bits per heavy atom. The van der Waals surface area contributed by atoms with Crippen LogP contribution >= 0.6 is 0 Å². The zero-order valence-electron chi connectivity index (χ0n) is 17.3. The number of carbonyl (C=O) groups is 1. The van der Waals surface area contributed by atoms with Crippen molar-refractivity contribution < 1.29 is 13.6 Å². The number of anilines is 1. The van der Waals surface area contributed by atoms with Crippen LogP contribution in [0.3, 0.4) is 0 Å². The molecule has 3 aromatic rings. The minimum absolute atomic E-state index is 0.126. The van der Waals surface area contributed by atoms with Gasteiger partial charge in [-0.1, -0.05) is 48.6 Å². The van der Waals surface area contributed by atoms with E-state index in [1.807, 2.05) is 30.3 Å². The zero-order chi connectivity index (χ0) is 23.2. The van der Waals surface area contributed by atoms with E-state index in [0.29, 0.717) is 5.69 Å². The third-order valence-electron chi connectivity index (χ3n) is 6.55. The van der Waals surface area contributed by atoms with Crippen LogP contribution in [0.15, 0.2) is 78.9 Å². The van der Waals surface area contributed by atoms with Gasteiger partial charge in [-0.2, -0.15) is 10.5 Å². The average Bonchev–Trinajstić information content (AvgIpc) is 3.15. The Hall–Kier alpha value is -4.29. The van der Waals surface area contributed by atoms with Crippen molar-refractivity contribution in [2.24, 2.45) is 5.41 Å². The van der Waals surface area contributed by atoms with Crippen LogP contribution in [0.5, 0.6) is 0 Å². The van der Waals surface area contributed by atoms with E-state index in [9.17, 15) is 19.7 Å². The summed E-state index contributed by atoms with van der Waals surface area (Å²) < 4.78 is 28.7. The maximum Gasteiger partial charge on any atom is 0.185 e. The third kappa shape index (κ3) is 2.96. The first-order valence-electron chi connectivity index (χ1n) is 10.4. The summed E-state index contributed by atoms with van der Waals surface area (Å²) in [6.07, 6.45) is 3.56. The highest BCUT2D eigenvalue weighted by Crippen LogP contribution is 2.55. The average molecular weight is 437 g/mol. The highest BCUT2D eigenvalue weighted by Gasteiger charge is 2.63. The molecule has 0 unspecified atom stereocenters. The van der Waals surface area contributed by atoms with Crippen molar-refractivity contribution in [1.29, 1.82) is 10.5 Å². The Morgan fingerprint density at radius 1 is 0.909 bits per heavy atom. The number of halogens is 2.